The molecule has 3 aliphatic rings. The van der Waals surface area contributed by atoms with Crippen LogP contribution in [-0.2, 0) is 11.2 Å². The average Bonchev–Trinajstić information content (AvgIpc) is 3.27. The van der Waals surface area contributed by atoms with E-state index in [-0.39, 0.29) is 30.4 Å². The monoisotopic (exact) mass is 328 g/mol. The van der Waals surface area contributed by atoms with Crippen molar-refractivity contribution >= 4 is 17.5 Å². The van der Waals surface area contributed by atoms with E-state index in [1.54, 1.807) is 17.9 Å². The molecule has 0 saturated heterocycles. The zero-order valence-electron chi connectivity index (χ0n) is 14.0. The number of carbonyl (C=O) groups is 2. The number of rotatable bonds is 3. The molecule has 1 aromatic rings. The fourth-order valence-corrected chi connectivity index (χ4v) is 5.00. The molecule has 1 aliphatic heterocycles. The Kier molecular flexibility index (Phi) is 3.83. The molecule has 4 atom stereocenters. The molecule has 5 heteroatoms. The molecule has 1 aromatic carbocycles. The van der Waals surface area contributed by atoms with Gasteiger partial charge in [0, 0.05) is 43.3 Å². The van der Waals surface area contributed by atoms with Crippen LogP contribution in [0.3, 0.4) is 0 Å². The molecule has 2 N–H and O–H groups in total. The van der Waals surface area contributed by atoms with Gasteiger partial charge in [-0.2, -0.15) is 0 Å². The Morgan fingerprint density at radius 3 is 2.83 bits per heavy atom. The number of nitrogens with zero attached hydrogens (tertiary/aromatic N) is 1. The molecular formula is C19H24N2O3. The summed E-state index contributed by atoms with van der Waals surface area (Å²) in [6.07, 6.45) is 4.27. The third-order valence-electron chi connectivity index (χ3n) is 6.21. The number of benzene rings is 1. The molecular weight excluding hydrogens is 304 g/mol. The lowest BCUT2D eigenvalue weighted by molar-refractivity contribution is -0.116. The minimum atomic E-state index is -0.0601. The molecule has 128 valence electrons. The van der Waals surface area contributed by atoms with Gasteiger partial charge in [-0.1, -0.05) is 0 Å². The number of carbonyl (C=O) groups excluding carboxylic acids is 2. The first-order valence-corrected chi connectivity index (χ1v) is 8.91. The van der Waals surface area contributed by atoms with Crippen LogP contribution in [0.25, 0.3) is 0 Å². The Morgan fingerprint density at radius 1 is 1.29 bits per heavy atom. The summed E-state index contributed by atoms with van der Waals surface area (Å²) >= 11 is 0. The maximum absolute atomic E-state index is 12.7. The first kappa shape index (κ1) is 15.6. The van der Waals surface area contributed by atoms with Gasteiger partial charge in [0.2, 0.25) is 5.91 Å². The second-order valence-electron chi connectivity index (χ2n) is 7.44. The number of fused-ring (bicyclic) bond motifs is 3. The maximum atomic E-state index is 12.7. The van der Waals surface area contributed by atoms with E-state index in [1.165, 1.54) is 6.42 Å². The van der Waals surface area contributed by atoms with Gasteiger partial charge in [0.15, 0.2) is 0 Å². The van der Waals surface area contributed by atoms with Crippen LogP contribution < -0.4 is 10.2 Å². The summed E-state index contributed by atoms with van der Waals surface area (Å²) in [6, 6.07) is 5.69. The van der Waals surface area contributed by atoms with Crippen LogP contribution in [0.5, 0.6) is 0 Å². The first-order chi connectivity index (χ1) is 11.6. The summed E-state index contributed by atoms with van der Waals surface area (Å²) in [4.78, 5) is 26.1. The van der Waals surface area contributed by atoms with Crippen molar-refractivity contribution in [2.75, 3.05) is 18.1 Å². The van der Waals surface area contributed by atoms with Crippen molar-refractivity contribution in [3.05, 3.63) is 29.3 Å². The molecule has 0 spiro atoms. The zero-order chi connectivity index (χ0) is 16.8. The average molecular weight is 328 g/mol. The van der Waals surface area contributed by atoms with Crippen molar-refractivity contribution in [1.82, 2.24) is 5.32 Å². The van der Waals surface area contributed by atoms with Crippen LogP contribution in [0.2, 0.25) is 0 Å². The maximum Gasteiger partial charge on any atom is 0.251 e. The third kappa shape index (κ3) is 2.42. The summed E-state index contributed by atoms with van der Waals surface area (Å²) in [5.41, 5.74) is 2.63. The zero-order valence-corrected chi connectivity index (χ0v) is 14.0. The van der Waals surface area contributed by atoms with Crippen molar-refractivity contribution in [3.63, 3.8) is 0 Å². The Hall–Kier alpha value is -1.88. The molecule has 4 rings (SSSR count). The summed E-state index contributed by atoms with van der Waals surface area (Å²) in [6.45, 7) is 2.42. The van der Waals surface area contributed by atoms with Crippen LogP contribution >= 0.6 is 0 Å². The summed E-state index contributed by atoms with van der Waals surface area (Å²) in [5, 5.41) is 12.8. The number of aliphatic hydroxyl groups excluding tert-OH is 1. The first-order valence-electron chi connectivity index (χ1n) is 8.91. The predicted octanol–water partition coefficient (Wildman–Crippen LogP) is 1.73. The Bertz CT molecular complexity index is 687. The predicted molar refractivity (Wildman–Crippen MR) is 90.8 cm³/mol. The lowest BCUT2D eigenvalue weighted by atomic mass is 9.85. The highest BCUT2D eigenvalue weighted by Gasteiger charge is 2.47. The molecule has 4 unspecified atom stereocenters. The SMILES string of the molecule is CC(=O)N1CCc2cc(C(=O)NC3C4CCC(C4)C3CO)ccc21. The van der Waals surface area contributed by atoms with Gasteiger partial charge in [0.25, 0.3) is 5.91 Å². The Morgan fingerprint density at radius 2 is 2.08 bits per heavy atom. The van der Waals surface area contributed by atoms with Crippen LogP contribution in [0, 0.1) is 17.8 Å². The van der Waals surface area contributed by atoms with Gasteiger partial charge in [0.1, 0.15) is 0 Å². The summed E-state index contributed by atoms with van der Waals surface area (Å²) in [7, 11) is 0. The highest BCUT2D eigenvalue weighted by molar-refractivity contribution is 5.98. The number of hydrogen-bond acceptors (Lipinski definition) is 3. The molecule has 5 nitrogen and oxygen atoms in total. The van der Waals surface area contributed by atoms with Crippen LogP contribution in [-0.4, -0.2) is 36.1 Å². The molecule has 2 bridgehead atoms. The topological polar surface area (TPSA) is 69.6 Å². The second-order valence-corrected chi connectivity index (χ2v) is 7.44. The normalized spacial score (nSPS) is 30.5. The molecule has 1 heterocycles. The molecule has 2 aliphatic carbocycles. The fraction of sp³-hybridized carbons (Fsp3) is 0.579. The van der Waals surface area contributed by atoms with Crippen LogP contribution in [0.1, 0.15) is 42.1 Å². The van der Waals surface area contributed by atoms with E-state index in [0.29, 0.717) is 23.9 Å². The van der Waals surface area contributed by atoms with E-state index in [9.17, 15) is 14.7 Å². The minimum absolute atomic E-state index is 0.0405. The lowest BCUT2D eigenvalue weighted by Crippen LogP contribution is -2.45. The summed E-state index contributed by atoms with van der Waals surface area (Å²) in [5.74, 6) is 1.26. The van der Waals surface area contributed by atoms with Crippen molar-refractivity contribution in [2.45, 2.75) is 38.6 Å². The van der Waals surface area contributed by atoms with Gasteiger partial charge in [-0.25, -0.2) is 0 Å². The van der Waals surface area contributed by atoms with Gasteiger partial charge in [-0.3, -0.25) is 9.59 Å². The van der Waals surface area contributed by atoms with Gasteiger partial charge in [0.05, 0.1) is 0 Å². The van der Waals surface area contributed by atoms with Crippen molar-refractivity contribution in [3.8, 4) is 0 Å². The number of anilines is 1. The highest BCUT2D eigenvalue weighted by Crippen LogP contribution is 2.48. The standard InChI is InChI=1S/C19H24N2O3/c1-11(23)21-7-6-13-9-15(4-5-17(13)21)19(24)20-18-14-3-2-12(8-14)16(18)10-22/h4-5,9,12,14,16,18,22H,2-3,6-8,10H2,1H3,(H,20,24). The van der Waals surface area contributed by atoms with Gasteiger partial charge in [-0.15, -0.1) is 0 Å². The van der Waals surface area contributed by atoms with E-state index < -0.39 is 0 Å². The molecule has 2 saturated carbocycles. The third-order valence-corrected chi connectivity index (χ3v) is 6.21. The minimum Gasteiger partial charge on any atom is -0.396 e. The lowest BCUT2D eigenvalue weighted by Gasteiger charge is -2.30. The van der Waals surface area contributed by atoms with E-state index in [2.05, 4.69) is 5.32 Å². The second kappa shape index (κ2) is 5.88. The Labute approximate surface area is 142 Å². The largest absolute Gasteiger partial charge is 0.396 e. The van der Waals surface area contributed by atoms with E-state index >= 15 is 0 Å². The van der Waals surface area contributed by atoms with Crippen molar-refractivity contribution in [2.24, 2.45) is 17.8 Å². The molecule has 0 radical (unpaired) electrons. The van der Waals surface area contributed by atoms with Crippen molar-refractivity contribution < 1.29 is 14.7 Å². The van der Waals surface area contributed by atoms with Crippen LogP contribution in [0.15, 0.2) is 18.2 Å². The molecule has 2 amide bonds. The quantitative estimate of drug-likeness (QED) is 0.888. The number of amides is 2. The van der Waals surface area contributed by atoms with Gasteiger partial charge < -0.3 is 15.3 Å². The summed E-state index contributed by atoms with van der Waals surface area (Å²) < 4.78 is 0. The van der Waals surface area contributed by atoms with Gasteiger partial charge >= 0.3 is 0 Å². The molecule has 2 fully saturated rings. The van der Waals surface area contributed by atoms with Crippen molar-refractivity contribution in [1.29, 1.82) is 0 Å². The number of hydrogen-bond donors (Lipinski definition) is 2. The van der Waals surface area contributed by atoms with Crippen LogP contribution in [0.4, 0.5) is 5.69 Å². The van der Waals surface area contributed by atoms with Gasteiger partial charge in [-0.05, 0) is 61.3 Å². The number of nitrogens with one attached hydrogen (secondary N) is 1. The fourth-order valence-electron chi connectivity index (χ4n) is 5.00. The number of aliphatic hydroxyl groups is 1. The Balaban J connectivity index is 1.51. The smallest absolute Gasteiger partial charge is 0.251 e. The molecule has 24 heavy (non-hydrogen) atoms. The van der Waals surface area contributed by atoms with E-state index in [0.717, 1.165) is 30.5 Å². The highest BCUT2D eigenvalue weighted by atomic mass is 16.3. The van der Waals surface area contributed by atoms with E-state index in [1.807, 2.05) is 12.1 Å². The van der Waals surface area contributed by atoms with E-state index in [4.69, 9.17) is 0 Å². The molecule has 0 aromatic heterocycles.